The molecule has 0 fully saturated rings. The van der Waals surface area contributed by atoms with Crippen LogP contribution in [0.25, 0.3) is 0 Å². The van der Waals surface area contributed by atoms with Crippen molar-refractivity contribution < 1.29 is 32.9 Å². The number of hydrogen-bond donors (Lipinski definition) is 2. The van der Waals surface area contributed by atoms with Crippen LogP contribution < -0.4 is 10.2 Å². The zero-order valence-electron chi connectivity index (χ0n) is 43.7. The monoisotopic (exact) mass is 937 g/mol. The molecule has 65 heavy (non-hydrogen) atoms. The number of carbonyl (C=O) groups excluding carboxylic acids is 1. The van der Waals surface area contributed by atoms with E-state index in [1.807, 2.05) is 27.2 Å². The van der Waals surface area contributed by atoms with Crippen molar-refractivity contribution in [1.82, 2.24) is 5.32 Å². The molecule has 0 heterocycles. The highest BCUT2D eigenvalue weighted by Crippen LogP contribution is 2.38. The van der Waals surface area contributed by atoms with Crippen molar-refractivity contribution >= 4 is 13.7 Å². The molecule has 0 aromatic heterocycles. The molecule has 0 saturated heterocycles. The molecule has 9 heteroatoms. The van der Waals surface area contributed by atoms with E-state index >= 15 is 0 Å². The molecule has 3 atom stereocenters. The maximum absolute atomic E-state index is 12.9. The second-order valence-corrected chi connectivity index (χ2v) is 21.7. The van der Waals surface area contributed by atoms with Crippen molar-refractivity contribution in [2.45, 2.75) is 276 Å². The molecule has 0 aliphatic rings. The van der Waals surface area contributed by atoms with Crippen molar-refractivity contribution in [2.75, 3.05) is 40.9 Å². The van der Waals surface area contributed by atoms with Crippen LogP contribution in [0.5, 0.6) is 0 Å². The van der Waals surface area contributed by atoms with Gasteiger partial charge in [0, 0.05) is 6.42 Å². The van der Waals surface area contributed by atoms with Crippen LogP contribution in [0.3, 0.4) is 0 Å². The summed E-state index contributed by atoms with van der Waals surface area (Å²) in [6.07, 6.45) is 60.7. The Balaban J connectivity index is 4.16. The van der Waals surface area contributed by atoms with Gasteiger partial charge in [-0.3, -0.25) is 9.36 Å². The van der Waals surface area contributed by atoms with Crippen LogP contribution in [0, 0.1) is 0 Å². The summed E-state index contributed by atoms with van der Waals surface area (Å²) in [4.78, 5) is 25.5. The van der Waals surface area contributed by atoms with Crippen LogP contribution in [0.1, 0.15) is 264 Å². The number of quaternary nitrogens is 1. The predicted octanol–water partition coefficient (Wildman–Crippen LogP) is 16.0. The van der Waals surface area contributed by atoms with Gasteiger partial charge in [0.05, 0.1) is 39.9 Å². The lowest BCUT2D eigenvalue weighted by Gasteiger charge is -2.29. The summed E-state index contributed by atoms with van der Waals surface area (Å²) in [5.74, 6) is -0.195. The second kappa shape index (κ2) is 47.8. The van der Waals surface area contributed by atoms with E-state index in [2.05, 4.69) is 43.5 Å². The molecule has 0 radical (unpaired) electrons. The zero-order valence-corrected chi connectivity index (χ0v) is 44.6. The van der Waals surface area contributed by atoms with E-state index < -0.39 is 20.0 Å². The molecule has 1 amide bonds. The summed E-state index contributed by atoms with van der Waals surface area (Å²) in [5.41, 5.74) is 0. The zero-order chi connectivity index (χ0) is 47.8. The first-order valence-electron chi connectivity index (χ1n) is 27.9. The number of allylic oxidation sites excluding steroid dienone is 5. The van der Waals surface area contributed by atoms with Crippen molar-refractivity contribution in [3.8, 4) is 0 Å². The molecule has 0 aromatic rings. The quantitative estimate of drug-likeness (QED) is 0.0272. The van der Waals surface area contributed by atoms with Crippen LogP contribution in [0.15, 0.2) is 36.5 Å². The highest BCUT2D eigenvalue weighted by atomic mass is 31.2. The highest BCUT2D eigenvalue weighted by Gasteiger charge is 2.23. The van der Waals surface area contributed by atoms with Gasteiger partial charge in [0.2, 0.25) is 5.91 Å². The van der Waals surface area contributed by atoms with Gasteiger partial charge in [-0.15, -0.1) is 0 Å². The number of unbranched alkanes of at least 4 members (excludes halogenated alkanes) is 34. The van der Waals surface area contributed by atoms with E-state index in [9.17, 15) is 19.4 Å². The van der Waals surface area contributed by atoms with Crippen molar-refractivity contribution in [3.05, 3.63) is 36.5 Å². The van der Waals surface area contributed by atoms with Gasteiger partial charge in [-0.05, 0) is 51.4 Å². The minimum Gasteiger partial charge on any atom is -0.756 e. The summed E-state index contributed by atoms with van der Waals surface area (Å²) in [6, 6.07) is -0.885. The smallest absolute Gasteiger partial charge is 0.268 e. The Morgan fingerprint density at radius 3 is 1.28 bits per heavy atom. The Bertz CT molecular complexity index is 1150. The number of carbonyl (C=O) groups is 1. The Morgan fingerprint density at radius 2 is 0.892 bits per heavy atom. The molecular weight excluding hydrogens is 828 g/mol. The van der Waals surface area contributed by atoms with E-state index in [-0.39, 0.29) is 19.1 Å². The number of likely N-dealkylation sites (N-methyl/N-ethyl adjacent to an activating group) is 1. The number of nitrogens with zero attached hydrogens (tertiary/aromatic N) is 1. The van der Waals surface area contributed by atoms with Crippen LogP contribution >= 0.6 is 7.82 Å². The number of hydrogen-bond acceptors (Lipinski definition) is 6. The Morgan fingerprint density at radius 1 is 0.538 bits per heavy atom. The first-order chi connectivity index (χ1) is 31.5. The number of rotatable bonds is 51. The number of aliphatic hydroxyl groups excluding tert-OH is 1. The summed E-state index contributed by atoms with van der Waals surface area (Å²) in [7, 11) is 1.27. The third-order valence-corrected chi connectivity index (χ3v) is 13.6. The molecule has 0 rings (SSSR count). The lowest BCUT2D eigenvalue weighted by molar-refractivity contribution is -0.870. The van der Waals surface area contributed by atoms with Crippen LogP contribution in [0.2, 0.25) is 0 Å². The van der Waals surface area contributed by atoms with E-state index in [0.29, 0.717) is 17.4 Å². The van der Waals surface area contributed by atoms with Crippen LogP contribution in [-0.2, 0) is 18.4 Å². The Hall–Kier alpha value is -1.28. The summed E-state index contributed by atoms with van der Waals surface area (Å²) < 4.78 is 23.3. The fourth-order valence-corrected chi connectivity index (χ4v) is 8.91. The van der Waals surface area contributed by atoms with E-state index in [1.165, 1.54) is 199 Å². The maximum atomic E-state index is 12.9. The predicted molar refractivity (Wildman–Crippen MR) is 279 cm³/mol. The van der Waals surface area contributed by atoms with Gasteiger partial charge in [-0.1, -0.05) is 243 Å². The Labute approximate surface area is 404 Å². The first kappa shape index (κ1) is 63.7. The first-order valence-corrected chi connectivity index (χ1v) is 29.3. The standard InChI is InChI=1S/C56H109N2O6P/c1-6-8-10-12-14-16-18-20-22-24-25-26-27-28-29-30-31-32-33-34-36-38-40-42-44-46-48-50-56(60)57-54(53-64-65(61,62)63-52-51-58(3,4)5)55(59)49-47-45-43-41-39-37-35-23-21-19-17-15-13-11-9-7-2/h18,20,24-25,47,49,54-55,59H,6-17,19,21-23,26-46,48,50-53H2,1-5H3,(H-,57,60,61,62)/b20-18-,25-24-,49-47+. The SMILES string of the molecule is CCCCCCC/C=C\C/C=C\CCCCCCCCCCCCCCCCCC(=O)NC(COP(=O)([O-])OCC[N+](C)(C)C)C(O)/C=C/CCCCCCCCCCCCCCCC. The van der Waals surface area contributed by atoms with Gasteiger partial charge in [0.15, 0.2) is 0 Å². The number of nitrogens with one attached hydrogen (secondary N) is 1. The van der Waals surface area contributed by atoms with Crippen molar-refractivity contribution in [1.29, 1.82) is 0 Å². The fraction of sp³-hybridized carbons (Fsp3) is 0.875. The third kappa shape index (κ3) is 50.4. The maximum Gasteiger partial charge on any atom is 0.268 e. The van der Waals surface area contributed by atoms with Gasteiger partial charge < -0.3 is 28.8 Å². The average molecular weight is 937 g/mol. The van der Waals surface area contributed by atoms with Gasteiger partial charge >= 0.3 is 0 Å². The van der Waals surface area contributed by atoms with E-state index in [4.69, 9.17) is 9.05 Å². The fourth-order valence-electron chi connectivity index (χ4n) is 8.18. The topological polar surface area (TPSA) is 108 Å². The second-order valence-electron chi connectivity index (χ2n) is 20.3. The van der Waals surface area contributed by atoms with Gasteiger partial charge in [-0.25, -0.2) is 0 Å². The van der Waals surface area contributed by atoms with E-state index in [0.717, 1.165) is 44.9 Å². The molecule has 8 nitrogen and oxygen atoms in total. The normalized spacial score (nSPS) is 14.3. The minimum atomic E-state index is -4.59. The lowest BCUT2D eigenvalue weighted by atomic mass is 10.0. The van der Waals surface area contributed by atoms with Crippen molar-refractivity contribution in [2.24, 2.45) is 0 Å². The lowest BCUT2D eigenvalue weighted by Crippen LogP contribution is -2.45. The number of aliphatic hydroxyl groups is 1. The minimum absolute atomic E-state index is 0.0000108. The number of phosphoric acid groups is 1. The van der Waals surface area contributed by atoms with Gasteiger partial charge in [0.25, 0.3) is 7.82 Å². The van der Waals surface area contributed by atoms with Crippen LogP contribution in [-0.4, -0.2) is 68.5 Å². The largest absolute Gasteiger partial charge is 0.756 e. The summed E-state index contributed by atoms with van der Waals surface area (Å²) in [5, 5.41) is 13.9. The molecule has 3 unspecified atom stereocenters. The van der Waals surface area contributed by atoms with Gasteiger partial charge in [0.1, 0.15) is 13.2 Å². The molecule has 0 aromatic carbocycles. The molecule has 0 saturated carbocycles. The molecule has 0 spiro atoms. The molecule has 2 N–H and O–H groups in total. The number of phosphoric ester groups is 1. The van der Waals surface area contributed by atoms with Gasteiger partial charge in [-0.2, -0.15) is 0 Å². The molecule has 0 aliphatic heterocycles. The summed E-state index contributed by atoms with van der Waals surface area (Å²) in [6.45, 7) is 4.66. The molecule has 0 aliphatic carbocycles. The molecule has 384 valence electrons. The third-order valence-electron chi connectivity index (χ3n) is 12.6. The van der Waals surface area contributed by atoms with E-state index in [1.54, 1.807) is 6.08 Å². The average Bonchev–Trinajstić information content (AvgIpc) is 3.26. The number of amides is 1. The van der Waals surface area contributed by atoms with Crippen molar-refractivity contribution in [3.63, 3.8) is 0 Å². The molecule has 0 bridgehead atoms. The highest BCUT2D eigenvalue weighted by molar-refractivity contribution is 7.45. The summed E-state index contributed by atoms with van der Waals surface area (Å²) >= 11 is 0. The molecular formula is C56H109N2O6P. The van der Waals surface area contributed by atoms with Crippen LogP contribution in [0.4, 0.5) is 0 Å². The Kier molecular flexibility index (Phi) is 46.8.